The average molecular weight is 247 g/mol. The maximum Gasteiger partial charge on any atom is 0.313 e. The molecule has 1 atom stereocenters. The fourth-order valence-corrected chi connectivity index (χ4v) is 1.52. The number of rotatable bonds is 5. The number of carbonyl (C=O) groups is 2. The summed E-state index contributed by atoms with van der Waals surface area (Å²) in [6.07, 6.45) is -1.67. The van der Waals surface area contributed by atoms with Crippen LogP contribution < -0.4 is 0 Å². The smallest absolute Gasteiger partial charge is 0.313 e. The number of Topliss-reactive ketones (excluding diaryl/α,β-unsaturated/α-hetero) is 1. The van der Waals surface area contributed by atoms with Crippen molar-refractivity contribution in [1.29, 1.82) is 5.26 Å². The molecular weight excluding hydrogens is 234 g/mol. The standard InChI is InChI=1S/C13H13NO4/c1-18-13(17)7-10(15)6-12(16)11-5-3-2-4-9(11)8-14/h2-5,12,16H,6-7H2,1H3/t12-/m1/s1. The number of aliphatic hydroxyl groups is 1. The third-order valence-electron chi connectivity index (χ3n) is 2.43. The highest BCUT2D eigenvalue weighted by molar-refractivity contribution is 5.95. The number of benzene rings is 1. The molecule has 0 spiro atoms. The van der Waals surface area contributed by atoms with Crippen LogP contribution >= 0.6 is 0 Å². The van der Waals surface area contributed by atoms with Crippen LogP contribution in [-0.4, -0.2) is 24.0 Å². The molecule has 0 aliphatic rings. The van der Waals surface area contributed by atoms with Gasteiger partial charge in [-0.3, -0.25) is 9.59 Å². The van der Waals surface area contributed by atoms with Crippen LogP contribution in [0.15, 0.2) is 24.3 Å². The Balaban J connectivity index is 2.71. The zero-order chi connectivity index (χ0) is 13.5. The Labute approximate surface area is 105 Å². The minimum absolute atomic E-state index is 0.214. The second-order valence-electron chi connectivity index (χ2n) is 3.71. The number of methoxy groups -OCH3 is 1. The molecule has 5 nitrogen and oxygen atoms in total. The highest BCUT2D eigenvalue weighted by atomic mass is 16.5. The van der Waals surface area contributed by atoms with E-state index in [9.17, 15) is 14.7 Å². The van der Waals surface area contributed by atoms with E-state index in [0.29, 0.717) is 11.1 Å². The number of ether oxygens (including phenoxy) is 1. The van der Waals surface area contributed by atoms with E-state index in [2.05, 4.69) is 4.74 Å². The first-order chi connectivity index (χ1) is 8.58. The predicted molar refractivity (Wildman–Crippen MR) is 62.4 cm³/mol. The number of hydrogen-bond acceptors (Lipinski definition) is 5. The van der Waals surface area contributed by atoms with Gasteiger partial charge in [-0.25, -0.2) is 0 Å². The summed E-state index contributed by atoms with van der Waals surface area (Å²) >= 11 is 0. The summed E-state index contributed by atoms with van der Waals surface area (Å²) in [5, 5.41) is 18.7. The van der Waals surface area contributed by atoms with Crippen molar-refractivity contribution in [2.75, 3.05) is 7.11 Å². The highest BCUT2D eigenvalue weighted by Crippen LogP contribution is 2.21. The minimum Gasteiger partial charge on any atom is -0.469 e. The van der Waals surface area contributed by atoms with E-state index in [-0.39, 0.29) is 12.8 Å². The number of carbonyl (C=O) groups excluding carboxylic acids is 2. The molecule has 1 N–H and O–H groups in total. The lowest BCUT2D eigenvalue weighted by molar-refractivity contribution is -0.143. The van der Waals surface area contributed by atoms with Crippen LogP contribution in [0.4, 0.5) is 0 Å². The molecule has 0 unspecified atom stereocenters. The van der Waals surface area contributed by atoms with E-state index in [1.807, 2.05) is 6.07 Å². The minimum atomic E-state index is -1.09. The van der Waals surface area contributed by atoms with Gasteiger partial charge in [0.2, 0.25) is 0 Å². The van der Waals surface area contributed by atoms with Crippen molar-refractivity contribution in [2.24, 2.45) is 0 Å². The molecule has 0 saturated heterocycles. The largest absolute Gasteiger partial charge is 0.469 e. The number of ketones is 1. The van der Waals surface area contributed by atoms with Gasteiger partial charge in [0.05, 0.1) is 24.8 Å². The van der Waals surface area contributed by atoms with E-state index in [1.54, 1.807) is 24.3 Å². The van der Waals surface area contributed by atoms with Crippen LogP contribution in [0.3, 0.4) is 0 Å². The fraction of sp³-hybridized carbons (Fsp3) is 0.308. The molecule has 0 aliphatic heterocycles. The second kappa shape index (κ2) is 6.52. The Kier molecular flexibility index (Phi) is 5.03. The molecule has 0 heterocycles. The van der Waals surface area contributed by atoms with E-state index in [0.717, 1.165) is 0 Å². The van der Waals surface area contributed by atoms with E-state index in [4.69, 9.17) is 5.26 Å². The number of nitrogens with zero attached hydrogens (tertiary/aromatic N) is 1. The van der Waals surface area contributed by atoms with Crippen molar-refractivity contribution in [2.45, 2.75) is 18.9 Å². The monoisotopic (exact) mass is 247 g/mol. The molecule has 1 rings (SSSR count). The predicted octanol–water partition coefficient (Wildman–Crippen LogP) is 1.11. The molecule has 18 heavy (non-hydrogen) atoms. The van der Waals surface area contributed by atoms with Gasteiger partial charge in [0, 0.05) is 6.42 Å². The first kappa shape index (κ1) is 13.9. The lowest BCUT2D eigenvalue weighted by atomic mass is 9.98. The van der Waals surface area contributed by atoms with Crippen LogP contribution in [0.5, 0.6) is 0 Å². The van der Waals surface area contributed by atoms with Crippen LogP contribution in [0.25, 0.3) is 0 Å². The number of esters is 1. The van der Waals surface area contributed by atoms with Gasteiger partial charge in [-0.2, -0.15) is 5.26 Å². The Bertz CT molecular complexity index is 490. The third-order valence-corrected chi connectivity index (χ3v) is 2.43. The summed E-state index contributed by atoms with van der Waals surface area (Å²) in [6.45, 7) is 0. The topological polar surface area (TPSA) is 87.4 Å². The zero-order valence-corrected chi connectivity index (χ0v) is 9.92. The van der Waals surface area contributed by atoms with Gasteiger partial charge in [-0.1, -0.05) is 18.2 Å². The summed E-state index contributed by atoms with van der Waals surface area (Å²) < 4.78 is 4.36. The maximum absolute atomic E-state index is 11.5. The second-order valence-corrected chi connectivity index (χ2v) is 3.71. The van der Waals surface area contributed by atoms with Gasteiger partial charge in [0.15, 0.2) is 0 Å². The van der Waals surface area contributed by atoms with Gasteiger partial charge in [-0.05, 0) is 11.6 Å². The molecule has 0 aliphatic carbocycles. The van der Waals surface area contributed by atoms with Crippen LogP contribution in [0, 0.1) is 11.3 Å². The SMILES string of the molecule is COC(=O)CC(=O)C[C@@H](O)c1ccccc1C#N. The van der Waals surface area contributed by atoms with Gasteiger partial charge < -0.3 is 9.84 Å². The Hall–Kier alpha value is -2.19. The fourth-order valence-electron chi connectivity index (χ4n) is 1.52. The van der Waals surface area contributed by atoms with Crippen molar-refractivity contribution in [3.05, 3.63) is 35.4 Å². The molecule has 5 heteroatoms. The Morgan fingerprint density at radius 2 is 2.11 bits per heavy atom. The summed E-state index contributed by atoms with van der Waals surface area (Å²) in [7, 11) is 1.19. The molecule has 0 aromatic heterocycles. The molecule has 94 valence electrons. The molecule has 0 fully saturated rings. The summed E-state index contributed by atoms with van der Waals surface area (Å²) in [5.41, 5.74) is 0.703. The summed E-state index contributed by atoms with van der Waals surface area (Å²) in [5.74, 6) is -1.07. The van der Waals surface area contributed by atoms with Gasteiger partial charge in [-0.15, -0.1) is 0 Å². The van der Waals surface area contributed by atoms with Crippen LogP contribution in [0.1, 0.15) is 30.1 Å². The average Bonchev–Trinajstić information content (AvgIpc) is 2.38. The zero-order valence-electron chi connectivity index (χ0n) is 9.92. The van der Waals surface area contributed by atoms with Crippen LogP contribution in [-0.2, 0) is 14.3 Å². The summed E-state index contributed by atoms with van der Waals surface area (Å²) in [6, 6.07) is 8.42. The maximum atomic E-state index is 11.5. The van der Waals surface area contributed by atoms with Crippen molar-refractivity contribution >= 4 is 11.8 Å². The quantitative estimate of drug-likeness (QED) is 0.622. The number of hydrogen-bond donors (Lipinski definition) is 1. The van der Waals surface area contributed by atoms with E-state index >= 15 is 0 Å². The molecule has 0 bridgehead atoms. The highest BCUT2D eigenvalue weighted by Gasteiger charge is 2.18. The van der Waals surface area contributed by atoms with Crippen molar-refractivity contribution in [3.63, 3.8) is 0 Å². The van der Waals surface area contributed by atoms with Crippen molar-refractivity contribution in [1.82, 2.24) is 0 Å². The molecular formula is C13H13NO4. The molecule has 1 aromatic rings. The Morgan fingerprint density at radius 1 is 1.44 bits per heavy atom. The first-order valence-corrected chi connectivity index (χ1v) is 5.34. The van der Waals surface area contributed by atoms with E-state index < -0.39 is 17.9 Å². The van der Waals surface area contributed by atoms with Crippen LogP contribution in [0.2, 0.25) is 0 Å². The number of aliphatic hydroxyl groups excluding tert-OH is 1. The number of nitriles is 1. The first-order valence-electron chi connectivity index (χ1n) is 5.34. The Morgan fingerprint density at radius 3 is 2.72 bits per heavy atom. The normalized spacial score (nSPS) is 11.4. The van der Waals surface area contributed by atoms with E-state index in [1.165, 1.54) is 7.11 Å². The van der Waals surface area contributed by atoms with Crippen molar-refractivity contribution in [3.8, 4) is 6.07 Å². The lowest BCUT2D eigenvalue weighted by Gasteiger charge is -2.11. The lowest BCUT2D eigenvalue weighted by Crippen LogP contribution is -2.13. The third kappa shape index (κ3) is 3.68. The molecule has 1 aromatic carbocycles. The van der Waals surface area contributed by atoms with Gasteiger partial charge in [0.1, 0.15) is 12.2 Å². The molecule has 0 amide bonds. The molecule has 0 saturated carbocycles. The summed E-state index contributed by atoms with van der Waals surface area (Å²) in [4.78, 5) is 22.3. The molecule has 0 radical (unpaired) electrons. The van der Waals surface area contributed by atoms with Gasteiger partial charge in [0.25, 0.3) is 0 Å². The van der Waals surface area contributed by atoms with Crippen molar-refractivity contribution < 1.29 is 19.4 Å². The van der Waals surface area contributed by atoms with Gasteiger partial charge >= 0.3 is 5.97 Å².